The zero-order chi connectivity index (χ0) is 16.0. The topological polar surface area (TPSA) is 72.9 Å². The van der Waals surface area contributed by atoms with E-state index in [9.17, 15) is 13.2 Å². The second-order valence-corrected chi connectivity index (χ2v) is 6.64. The second-order valence-electron chi connectivity index (χ2n) is 4.74. The highest BCUT2D eigenvalue weighted by Gasteiger charge is 2.22. The second kappa shape index (κ2) is 7.31. The highest BCUT2D eigenvalue weighted by molar-refractivity contribution is 7.92. The van der Waals surface area contributed by atoms with Crippen LogP contribution in [0.2, 0.25) is 0 Å². The summed E-state index contributed by atoms with van der Waals surface area (Å²) in [6, 6.07) is 6.50. The minimum atomic E-state index is -3.58. The molecule has 0 spiro atoms. The first kappa shape index (κ1) is 17.3. The maximum absolute atomic E-state index is 11.9. The van der Waals surface area contributed by atoms with Crippen molar-refractivity contribution >= 4 is 21.7 Å². The molecular weight excluding hydrogens is 294 g/mol. The quantitative estimate of drug-likeness (QED) is 0.717. The molecule has 0 aromatic heterocycles. The molecule has 21 heavy (non-hydrogen) atoms. The van der Waals surface area contributed by atoms with Gasteiger partial charge in [-0.25, -0.2) is 8.42 Å². The smallest absolute Gasteiger partial charge is 0.327 e. The summed E-state index contributed by atoms with van der Waals surface area (Å²) in [6.45, 7) is 5.44. The third-order valence-electron chi connectivity index (χ3n) is 2.48. The number of ether oxygens (including phenoxy) is 2. The van der Waals surface area contributed by atoms with Crippen molar-refractivity contribution < 1.29 is 22.7 Å². The van der Waals surface area contributed by atoms with Crippen LogP contribution in [0, 0.1) is 0 Å². The summed E-state index contributed by atoms with van der Waals surface area (Å²) < 4.78 is 35.0. The number of benzene rings is 1. The van der Waals surface area contributed by atoms with Gasteiger partial charge in [0, 0.05) is 0 Å². The molecule has 6 nitrogen and oxygen atoms in total. The molecule has 7 heteroatoms. The van der Waals surface area contributed by atoms with Crippen LogP contribution in [0.15, 0.2) is 24.3 Å². The molecule has 0 aliphatic carbocycles. The van der Waals surface area contributed by atoms with Crippen molar-refractivity contribution in [2.75, 3.05) is 23.7 Å². The number of rotatable bonds is 7. The Hall–Kier alpha value is -1.76. The van der Waals surface area contributed by atoms with Crippen molar-refractivity contribution in [3.63, 3.8) is 0 Å². The molecule has 0 radical (unpaired) electrons. The predicted molar refractivity (Wildman–Crippen MR) is 81.0 cm³/mol. The molecular formula is C14H21NO5S. The van der Waals surface area contributed by atoms with Crippen molar-refractivity contribution in [1.29, 1.82) is 0 Å². The van der Waals surface area contributed by atoms with E-state index in [2.05, 4.69) is 0 Å². The Morgan fingerprint density at radius 1 is 1.24 bits per heavy atom. The van der Waals surface area contributed by atoms with E-state index >= 15 is 0 Å². The Balaban J connectivity index is 2.95. The Labute approximate surface area is 125 Å². The fraction of sp³-hybridized carbons (Fsp3) is 0.500. The molecule has 0 aliphatic rings. The minimum Gasteiger partial charge on any atom is -0.494 e. The SMILES string of the molecule is CCOc1ccc(N(CC(=O)OC(C)C)S(C)(=O)=O)cc1. The highest BCUT2D eigenvalue weighted by Crippen LogP contribution is 2.21. The van der Waals surface area contributed by atoms with Gasteiger partial charge in [0.15, 0.2) is 0 Å². The minimum absolute atomic E-state index is 0.292. The number of hydrogen-bond acceptors (Lipinski definition) is 5. The van der Waals surface area contributed by atoms with Crippen molar-refractivity contribution in [3.8, 4) is 5.75 Å². The molecule has 118 valence electrons. The summed E-state index contributed by atoms with van der Waals surface area (Å²) >= 11 is 0. The van der Waals surface area contributed by atoms with Gasteiger partial charge in [-0.1, -0.05) is 0 Å². The number of esters is 1. The zero-order valence-corrected chi connectivity index (χ0v) is 13.5. The van der Waals surface area contributed by atoms with Crippen LogP contribution in [-0.4, -0.2) is 39.9 Å². The van der Waals surface area contributed by atoms with Crippen molar-refractivity contribution in [3.05, 3.63) is 24.3 Å². The molecule has 0 bridgehead atoms. The van der Waals surface area contributed by atoms with Crippen molar-refractivity contribution in [1.82, 2.24) is 0 Å². The summed E-state index contributed by atoms with van der Waals surface area (Å²) in [6.07, 6.45) is 0.755. The molecule has 0 aliphatic heterocycles. The van der Waals surface area contributed by atoms with Crippen LogP contribution in [0.1, 0.15) is 20.8 Å². The molecule has 0 amide bonds. The number of carbonyl (C=O) groups excluding carboxylic acids is 1. The molecule has 0 heterocycles. The lowest BCUT2D eigenvalue weighted by atomic mass is 10.3. The predicted octanol–water partition coefficient (Wildman–Crippen LogP) is 1.80. The molecule has 0 N–H and O–H groups in total. The molecule has 0 atom stereocenters. The van der Waals surface area contributed by atoms with Gasteiger partial charge in [-0.05, 0) is 45.0 Å². The van der Waals surface area contributed by atoms with Gasteiger partial charge in [-0.3, -0.25) is 9.10 Å². The van der Waals surface area contributed by atoms with Crippen molar-refractivity contribution in [2.24, 2.45) is 0 Å². The van der Waals surface area contributed by atoms with Crippen molar-refractivity contribution in [2.45, 2.75) is 26.9 Å². The van der Waals surface area contributed by atoms with Gasteiger partial charge in [0.2, 0.25) is 10.0 Å². The van der Waals surface area contributed by atoms with Crippen LogP contribution in [0.25, 0.3) is 0 Å². The summed E-state index contributed by atoms with van der Waals surface area (Å²) in [7, 11) is -3.58. The first-order valence-electron chi connectivity index (χ1n) is 6.64. The molecule has 1 aromatic carbocycles. The molecule has 0 fully saturated rings. The van der Waals surface area contributed by atoms with E-state index in [-0.39, 0.29) is 12.6 Å². The normalized spacial score (nSPS) is 11.3. The lowest BCUT2D eigenvalue weighted by molar-refractivity contribution is -0.145. The van der Waals surface area contributed by atoms with Gasteiger partial charge < -0.3 is 9.47 Å². The highest BCUT2D eigenvalue weighted by atomic mass is 32.2. The number of nitrogens with zero attached hydrogens (tertiary/aromatic N) is 1. The maximum Gasteiger partial charge on any atom is 0.327 e. The fourth-order valence-corrected chi connectivity index (χ4v) is 2.54. The number of carbonyl (C=O) groups is 1. The van der Waals surface area contributed by atoms with Crippen LogP contribution in [0.4, 0.5) is 5.69 Å². The number of sulfonamides is 1. The van der Waals surface area contributed by atoms with Gasteiger partial charge in [-0.15, -0.1) is 0 Å². The van der Waals surface area contributed by atoms with E-state index in [1.54, 1.807) is 38.1 Å². The summed E-state index contributed by atoms with van der Waals surface area (Å²) in [5, 5.41) is 0. The largest absolute Gasteiger partial charge is 0.494 e. The van der Waals surface area contributed by atoms with Crippen LogP contribution >= 0.6 is 0 Å². The maximum atomic E-state index is 11.9. The standard InChI is InChI=1S/C14H21NO5S/c1-5-19-13-8-6-12(7-9-13)15(21(4,17)18)10-14(16)20-11(2)3/h6-9,11H,5,10H2,1-4H3. The molecule has 0 saturated heterocycles. The Bertz CT molecular complexity index is 566. The first-order valence-corrected chi connectivity index (χ1v) is 8.49. The third kappa shape index (κ3) is 5.63. The molecule has 0 unspecified atom stereocenters. The van der Waals surface area contributed by atoms with Crippen LogP contribution in [-0.2, 0) is 19.6 Å². The van der Waals surface area contributed by atoms with Gasteiger partial charge in [0.1, 0.15) is 12.3 Å². The van der Waals surface area contributed by atoms with E-state index in [0.29, 0.717) is 18.0 Å². The Morgan fingerprint density at radius 2 is 1.81 bits per heavy atom. The van der Waals surface area contributed by atoms with E-state index in [0.717, 1.165) is 10.6 Å². The zero-order valence-electron chi connectivity index (χ0n) is 12.7. The molecule has 0 saturated carbocycles. The Morgan fingerprint density at radius 3 is 2.24 bits per heavy atom. The van der Waals surface area contributed by atoms with Crippen LogP contribution in [0.3, 0.4) is 0 Å². The first-order chi connectivity index (χ1) is 9.74. The average molecular weight is 315 g/mol. The van der Waals surface area contributed by atoms with E-state index in [1.165, 1.54) is 0 Å². The Kier molecular flexibility index (Phi) is 6.02. The van der Waals surface area contributed by atoms with E-state index in [4.69, 9.17) is 9.47 Å². The van der Waals surface area contributed by atoms with Gasteiger partial charge in [0.05, 0.1) is 24.7 Å². The van der Waals surface area contributed by atoms with E-state index < -0.39 is 16.0 Å². The molecule has 1 aromatic rings. The van der Waals surface area contributed by atoms with Gasteiger partial charge >= 0.3 is 5.97 Å². The monoisotopic (exact) mass is 315 g/mol. The molecule has 1 rings (SSSR count). The fourth-order valence-electron chi connectivity index (χ4n) is 1.69. The number of anilines is 1. The number of hydrogen-bond donors (Lipinski definition) is 0. The third-order valence-corrected chi connectivity index (χ3v) is 3.62. The summed E-state index contributed by atoms with van der Waals surface area (Å²) in [4.78, 5) is 11.7. The van der Waals surface area contributed by atoms with Crippen LogP contribution in [0.5, 0.6) is 5.75 Å². The summed E-state index contributed by atoms with van der Waals surface area (Å²) in [5.74, 6) is 0.0452. The summed E-state index contributed by atoms with van der Waals surface area (Å²) in [5.41, 5.74) is 0.390. The lowest BCUT2D eigenvalue weighted by Gasteiger charge is -2.22. The van der Waals surface area contributed by atoms with Gasteiger partial charge in [0.25, 0.3) is 0 Å². The van der Waals surface area contributed by atoms with Gasteiger partial charge in [-0.2, -0.15) is 0 Å². The lowest BCUT2D eigenvalue weighted by Crippen LogP contribution is -2.36. The van der Waals surface area contributed by atoms with E-state index in [1.807, 2.05) is 6.92 Å². The van der Waals surface area contributed by atoms with Crippen LogP contribution < -0.4 is 9.04 Å². The average Bonchev–Trinajstić information content (AvgIpc) is 2.35.